The summed E-state index contributed by atoms with van der Waals surface area (Å²) in [6, 6.07) is 7.18. The van der Waals surface area contributed by atoms with Gasteiger partial charge in [0.2, 0.25) is 5.60 Å². The van der Waals surface area contributed by atoms with Crippen molar-refractivity contribution >= 4 is 42.0 Å². The lowest BCUT2D eigenvalue weighted by atomic mass is 9.79. The van der Waals surface area contributed by atoms with Crippen molar-refractivity contribution in [2.24, 2.45) is 0 Å². The van der Waals surface area contributed by atoms with Crippen molar-refractivity contribution in [3.05, 3.63) is 71.8 Å². The van der Waals surface area contributed by atoms with Crippen molar-refractivity contribution in [3.8, 4) is 23.0 Å². The minimum atomic E-state index is -2.50. The van der Waals surface area contributed by atoms with E-state index in [-0.39, 0.29) is 11.1 Å². The molecule has 0 unspecified atom stereocenters. The van der Waals surface area contributed by atoms with Crippen molar-refractivity contribution in [2.75, 3.05) is 0 Å². The number of benzene rings is 2. The molecule has 0 aromatic heterocycles. The molecule has 1 aliphatic rings. The second kappa shape index (κ2) is 13.9. The SMILES string of the molecule is O=C(O)/C=C/C(=O)O[C@H]1[C@H](O)C[C@](OC(=O)/C=C/c2ccc(O)c(O)c2)(C(=O)O)C[C@H]1OC(=O)/C=C/c1ccc(O)c(O)c1. The van der Waals surface area contributed by atoms with Crippen molar-refractivity contribution in [1.82, 2.24) is 0 Å². The zero-order valence-electron chi connectivity index (χ0n) is 22.5. The van der Waals surface area contributed by atoms with Gasteiger partial charge in [0.05, 0.1) is 6.10 Å². The highest BCUT2D eigenvalue weighted by atomic mass is 16.6. The third-order valence-electron chi connectivity index (χ3n) is 6.21. The van der Waals surface area contributed by atoms with E-state index in [1.54, 1.807) is 0 Å². The molecule has 0 radical (unpaired) electrons. The number of phenolic OH excluding ortho intramolecular Hbond substituents is 4. The van der Waals surface area contributed by atoms with Crippen LogP contribution >= 0.6 is 0 Å². The topological polar surface area (TPSA) is 255 Å². The monoisotopic (exact) mass is 614 g/mol. The van der Waals surface area contributed by atoms with Crippen molar-refractivity contribution in [1.29, 1.82) is 0 Å². The molecule has 3 rings (SSSR count). The van der Waals surface area contributed by atoms with Gasteiger partial charge < -0.3 is 50.0 Å². The highest BCUT2D eigenvalue weighted by molar-refractivity contribution is 5.92. The Bertz CT molecular complexity index is 1540. The smallest absolute Gasteiger partial charge is 0.348 e. The van der Waals surface area contributed by atoms with Gasteiger partial charge in [0.1, 0.15) is 6.10 Å². The van der Waals surface area contributed by atoms with E-state index in [2.05, 4.69) is 0 Å². The van der Waals surface area contributed by atoms with Crippen molar-refractivity contribution in [3.63, 3.8) is 0 Å². The minimum Gasteiger partial charge on any atom is -0.504 e. The number of hydrogen-bond donors (Lipinski definition) is 7. The Morgan fingerprint density at radius 2 is 1.20 bits per heavy atom. The summed E-state index contributed by atoms with van der Waals surface area (Å²) in [6.07, 6.45) is -2.11. The van der Waals surface area contributed by atoms with Gasteiger partial charge in [-0.15, -0.1) is 0 Å². The summed E-state index contributed by atoms with van der Waals surface area (Å²) in [5.41, 5.74) is -2.03. The predicted molar refractivity (Wildman–Crippen MR) is 146 cm³/mol. The second-order valence-corrected chi connectivity index (χ2v) is 9.41. The molecule has 0 spiro atoms. The molecule has 1 saturated carbocycles. The first-order valence-corrected chi connectivity index (χ1v) is 12.6. The molecular formula is C29H26O15. The summed E-state index contributed by atoms with van der Waals surface area (Å²) in [6.45, 7) is 0. The number of hydrogen-bond acceptors (Lipinski definition) is 13. The van der Waals surface area contributed by atoms with Crippen LogP contribution in [0.1, 0.15) is 24.0 Å². The Hall–Kier alpha value is -5.83. The average Bonchev–Trinajstić information content (AvgIpc) is 2.95. The number of aliphatic carboxylic acids is 2. The molecule has 1 aliphatic carbocycles. The van der Waals surface area contributed by atoms with Crippen LogP contribution in [0, 0.1) is 0 Å². The molecule has 2 aromatic carbocycles. The number of ether oxygens (including phenoxy) is 3. The molecule has 15 heteroatoms. The first-order chi connectivity index (χ1) is 20.7. The summed E-state index contributed by atoms with van der Waals surface area (Å²) in [4.78, 5) is 60.6. The van der Waals surface area contributed by atoms with Gasteiger partial charge in [0, 0.05) is 37.1 Å². The molecule has 4 atom stereocenters. The van der Waals surface area contributed by atoms with Crippen LogP contribution < -0.4 is 0 Å². The Morgan fingerprint density at radius 3 is 1.70 bits per heavy atom. The lowest BCUT2D eigenvalue weighted by Gasteiger charge is -2.42. The molecule has 0 heterocycles. The number of carbonyl (C=O) groups is 5. The Balaban J connectivity index is 1.87. The molecule has 0 aliphatic heterocycles. The highest BCUT2D eigenvalue weighted by Crippen LogP contribution is 2.37. The maximum atomic E-state index is 12.7. The average molecular weight is 615 g/mol. The summed E-state index contributed by atoms with van der Waals surface area (Å²) in [7, 11) is 0. The first kappa shape index (κ1) is 32.7. The van der Waals surface area contributed by atoms with Crippen LogP contribution in [0.15, 0.2) is 60.7 Å². The van der Waals surface area contributed by atoms with E-state index in [4.69, 9.17) is 19.3 Å². The second-order valence-electron chi connectivity index (χ2n) is 9.41. The van der Waals surface area contributed by atoms with Gasteiger partial charge in [-0.2, -0.15) is 0 Å². The number of carboxylic acids is 2. The zero-order valence-corrected chi connectivity index (χ0v) is 22.5. The quantitative estimate of drug-likeness (QED) is 0.0859. The Morgan fingerprint density at radius 1 is 0.682 bits per heavy atom. The number of esters is 3. The lowest BCUT2D eigenvalue weighted by Crippen LogP contribution is -2.59. The van der Waals surface area contributed by atoms with Crippen LogP contribution in [-0.4, -0.2) is 89.5 Å². The molecule has 0 amide bonds. The van der Waals surface area contributed by atoms with Crippen molar-refractivity contribution < 1.29 is 73.9 Å². The van der Waals surface area contributed by atoms with Gasteiger partial charge in [0.25, 0.3) is 0 Å². The van der Waals surface area contributed by atoms with Gasteiger partial charge in [-0.05, 0) is 47.5 Å². The molecule has 15 nitrogen and oxygen atoms in total. The number of carboxylic acid groups (broad SMARTS) is 2. The molecule has 0 bridgehead atoms. The fraction of sp³-hybridized carbons (Fsp3) is 0.207. The largest absolute Gasteiger partial charge is 0.504 e. The minimum absolute atomic E-state index is 0.229. The standard InChI is InChI=1S/C29H26O15/c30-17-5-1-15(11-19(17)32)3-8-24(37)42-22-14-29(28(40)41,13-21(34)27(22)43-25(38)10-7-23(35)36)44-26(39)9-4-16-2-6-18(31)20(33)12-16/h1-12,21-22,27,30-34H,13-14H2,(H,35,36)(H,40,41)/b8-3+,9-4+,10-7+/t21-,22-,27+,29-/m1/s1. The number of carbonyl (C=O) groups excluding carboxylic acids is 3. The Kier molecular flexibility index (Phi) is 10.3. The summed E-state index contributed by atoms with van der Waals surface area (Å²) in [5.74, 6) is -8.68. The number of aliphatic hydroxyl groups is 1. The normalized spacial score (nSPS) is 21.7. The van der Waals surface area contributed by atoms with E-state index >= 15 is 0 Å². The van der Waals surface area contributed by atoms with Gasteiger partial charge in [-0.25, -0.2) is 24.0 Å². The molecule has 44 heavy (non-hydrogen) atoms. The van der Waals surface area contributed by atoms with E-state index in [0.717, 1.165) is 48.6 Å². The maximum absolute atomic E-state index is 12.7. The third-order valence-corrected chi connectivity index (χ3v) is 6.21. The van der Waals surface area contributed by atoms with Gasteiger partial charge in [-0.3, -0.25) is 0 Å². The lowest BCUT2D eigenvalue weighted by molar-refractivity contribution is -0.213. The molecule has 1 fully saturated rings. The van der Waals surface area contributed by atoms with E-state index in [9.17, 15) is 54.6 Å². The first-order valence-electron chi connectivity index (χ1n) is 12.6. The van der Waals surface area contributed by atoms with Crippen molar-refractivity contribution in [2.45, 2.75) is 36.8 Å². The molecule has 0 saturated heterocycles. The van der Waals surface area contributed by atoms with E-state index < -0.39 is 89.6 Å². The fourth-order valence-electron chi connectivity index (χ4n) is 4.14. The predicted octanol–water partition coefficient (Wildman–Crippen LogP) is 1.22. The zero-order chi connectivity index (χ0) is 32.6. The van der Waals surface area contributed by atoms with Gasteiger partial charge >= 0.3 is 29.8 Å². The number of aliphatic hydroxyl groups excluding tert-OH is 1. The summed E-state index contributed by atoms with van der Waals surface area (Å²) in [5, 5.41) is 67.6. The number of rotatable bonds is 10. The Labute approximate surface area is 247 Å². The van der Waals surface area contributed by atoms with Gasteiger partial charge in [-0.1, -0.05) is 12.1 Å². The van der Waals surface area contributed by atoms with Crippen LogP contribution in [0.4, 0.5) is 0 Å². The fourth-order valence-corrected chi connectivity index (χ4v) is 4.14. The van der Waals surface area contributed by atoms with Crippen LogP contribution in [0.3, 0.4) is 0 Å². The van der Waals surface area contributed by atoms with Crippen LogP contribution in [-0.2, 0) is 38.2 Å². The molecule has 2 aromatic rings. The molecular weight excluding hydrogens is 588 g/mol. The van der Waals surface area contributed by atoms with Crippen LogP contribution in [0.5, 0.6) is 23.0 Å². The van der Waals surface area contributed by atoms with Crippen LogP contribution in [0.2, 0.25) is 0 Å². The molecule has 7 N–H and O–H groups in total. The van der Waals surface area contributed by atoms with E-state index in [1.807, 2.05) is 0 Å². The highest BCUT2D eigenvalue weighted by Gasteiger charge is 2.56. The van der Waals surface area contributed by atoms with Gasteiger partial charge in [0.15, 0.2) is 29.1 Å². The van der Waals surface area contributed by atoms with E-state index in [0.29, 0.717) is 12.2 Å². The molecule has 232 valence electrons. The van der Waals surface area contributed by atoms with Crippen LogP contribution in [0.25, 0.3) is 12.2 Å². The maximum Gasteiger partial charge on any atom is 0.348 e. The summed E-state index contributed by atoms with van der Waals surface area (Å²) < 4.78 is 15.5. The number of aromatic hydroxyl groups is 4. The third kappa shape index (κ3) is 8.59. The van der Waals surface area contributed by atoms with E-state index in [1.165, 1.54) is 12.1 Å². The number of phenols is 4. The summed E-state index contributed by atoms with van der Waals surface area (Å²) >= 11 is 0.